The molecule has 1 heterocycles. The van der Waals surface area contributed by atoms with Gasteiger partial charge in [-0.1, -0.05) is 12.1 Å². The van der Waals surface area contributed by atoms with Crippen molar-refractivity contribution in [2.24, 2.45) is 0 Å². The molecule has 0 aliphatic rings. The van der Waals surface area contributed by atoms with Gasteiger partial charge in [-0.15, -0.1) is 0 Å². The summed E-state index contributed by atoms with van der Waals surface area (Å²) in [5, 5.41) is 17.7. The van der Waals surface area contributed by atoms with E-state index in [-0.39, 0.29) is 10.1 Å². The van der Waals surface area contributed by atoms with Crippen molar-refractivity contribution >= 4 is 33.1 Å². The van der Waals surface area contributed by atoms with E-state index in [0.29, 0.717) is 0 Å². The van der Waals surface area contributed by atoms with Crippen LogP contribution in [0.5, 0.6) is 5.75 Å². The molecule has 2 aromatic rings. The largest absolute Gasteiger partial charge is 0.534 e. The first-order valence-corrected chi connectivity index (χ1v) is 6.99. The van der Waals surface area contributed by atoms with Crippen LogP contribution in [0.3, 0.4) is 0 Å². The summed E-state index contributed by atoms with van der Waals surface area (Å²) in [6.45, 7) is 0. The summed E-state index contributed by atoms with van der Waals surface area (Å²) in [7, 11) is -6.18. The summed E-state index contributed by atoms with van der Waals surface area (Å²) >= 11 is 0. The van der Waals surface area contributed by atoms with Gasteiger partial charge < -0.3 is 14.4 Å². The lowest BCUT2D eigenvalue weighted by Crippen LogP contribution is -2.28. The van der Waals surface area contributed by atoms with Gasteiger partial charge >= 0.3 is 27.7 Å². The van der Waals surface area contributed by atoms with E-state index in [4.69, 9.17) is 10.2 Å². The Labute approximate surface area is 125 Å². The van der Waals surface area contributed by atoms with Gasteiger partial charge in [-0.25, -0.2) is 14.2 Å². The molecule has 0 saturated heterocycles. The SMILES string of the molecule is O=C(O)c1c(OS(=O)(=O)C(F)(F)F)c2ccccc2n1C(=O)O. The fraction of sp³-hybridized carbons (Fsp3) is 0.0909. The van der Waals surface area contributed by atoms with Crippen LogP contribution < -0.4 is 4.18 Å². The highest BCUT2D eigenvalue weighted by Crippen LogP contribution is 2.37. The van der Waals surface area contributed by atoms with Crippen LogP contribution >= 0.6 is 0 Å². The first-order chi connectivity index (χ1) is 10.5. The molecule has 0 spiro atoms. The summed E-state index contributed by atoms with van der Waals surface area (Å²) < 4.78 is 63.6. The van der Waals surface area contributed by atoms with E-state index in [1.54, 1.807) is 0 Å². The Hall–Kier alpha value is -2.76. The number of para-hydroxylation sites is 1. The molecular weight excluding hydrogens is 347 g/mol. The summed E-state index contributed by atoms with van der Waals surface area (Å²) in [4.78, 5) is 22.4. The summed E-state index contributed by atoms with van der Waals surface area (Å²) in [5.74, 6) is -3.20. The number of aromatic nitrogens is 1. The molecule has 1 aromatic carbocycles. The number of carboxylic acids is 1. The van der Waals surface area contributed by atoms with Gasteiger partial charge in [-0.2, -0.15) is 21.6 Å². The number of aromatic carboxylic acids is 1. The van der Waals surface area contributed by atoms with Crippen LogP contribution in [0.15, 0.2) is 24.3 Å². The minimum absolute atomic E-state index is 0.124. The average Bonchev–Trinajstić information content (AvgIpc) is 2.72. The second kappa shape index (κ2) is 5.15. The van der Waals surface area contributed by atoms with Crippen molar-refractivity contribution in [3.63, 3.8) is 0 Å². The number of benzene rings is 1. The standard InChI is InChI=1S/C11H6F3NO7S/c12-11(13,14)23(20,21)22-8-5-3-1-2-4-6(5)15(10(18)19)7(8)9(16)17/h1-4H,(H,16,17)(H,18,19). The highest BCUT2D eigenvalue weighted by Gasteiger charge is 2.49. The van der Waals surface area contributed by atoms with E-state index in [2.05, 4.69) is 4.18 Å². The molecule has 0 atom stereocenters. The lowest BCUT2D eigenvalue weighted by Gasteiger charge is -2.09. The molecule has 12 heteroatoms. The summed E-state index contributed by atoms with van der Waals surface area (Å²) in [5.41, 5.74) is -7.41. The molecule has 124 valence electrons. The average molecular weight is 353 g/mol. The maximum Gasteiger partial charge on any atom is 0.534 e. The second-order valence-corrected chi connectivity index (χ2v) is 5.64. The molecular formula is C11H6F3NO7S. The van der Waals surface area contributed by atoms with E-state index in [9.17, 15) is 31.2 Å². The molecule has 0 unspecified atom stereocenters. The van der Waals surface area contributed by atoms with Gasteiger partial charge in [0.05, 0.1) is 5.52 Å². The maximum absolute atomic E-state index is 12.4. The first kappa shape index (κ1) is 16.6. The van der Waals surface area contributed by atoms with E-state index >= 15 is 0 Å². The molecule has 0 aliphatic heterocycles. The molecule has 0 aliphatic carbocycles. The van der Waals surface area contributed by atoms with Crippen LogP contribution in [0.2, 0.25) is 0 Å². The molecule has 23 heavy (non-hydrogen) atoms. The normalized spacial score (nSPS) is 12.3. The Morgan fingerprint density at radius 3 is 2.17 bits per heavy atom. The number of halogens is 3. The lowest BCUT2D eigenvalue weighted by atomic mass is 10.2. The quantitative estimate of drug-likeness (QED) is 0.640. The van der Waals surface area contributed by atoms with Crippen molar-refractivity contribution in [1.82, 2.24) is 4.57 Å². The van der Waals surface area contributed by atoms with Crippen molar-refractivity contribution in [1.29, 1.82) is 0 Å². The van der Waals surface area contributed by atoms with Gasteiger partial charge in [0, 0.05) is 5.39 Å². The number of carbonyl (C=O) groups is 2. The van der Waals surface area contributed by atoms with Gasteiger partial charge in [0.1, 0.15) is 0 Å². The topological polar surface area (TPSA) is 123 Å². The molecule has 0 fully saturated rings. The van der Waals surface area contributed by atoms with Crippen molar-refractivity contribution in [2.75, 3.05) is 0 Å². The zero-order valence-corrected chi connectivity index (χ0v) is 11.6. The molecule has 0 radical (unpaired) electrons. The Balaban J connectivity index is 2.86. The predicted molar refractivity (Wildman–Crippen MR) is 67.9 cm³/mol. The Morgan fingerprint density at radius 2 is 1.70 bits per heavy atom. The predicted octanol–water partition coefficient (Wildman–Crippen LogP) is 2.09. The van der Waals surface area contributed by atoms with Gasteiger partial charge in [-0.3, -0.25) is 0 Å². The number of rotatable bonds is 3. The van der Waals surface area contributed by atoms with Gasteiger partial charge in [0.15, 0.2) is 11.4 Å². The zero-order valence-electron chi connectivity index (χ0n) is 10.7. The van der Waals surface area contributed by atoms with Crippen LogP contribution in [0, 0.1) is 0 Å². The number of nitrogens with zero attached hydrogens (tertiary/aromatic N) is 1. The minimum Gasteiger partial charge on any atom is -0.476 e. The molecule has 0 amide bonds. The number of fused-ring (bicyclic) bond motifs is 1. The molecule has 2 N–H and O–H groups in total. The third kappa shape index (κ3) is 2.67. The number of hydrogen-bond acceptors (Lipinski definition) is 5. The molecule has 0 bridgehead atoms. The summed E-state index contributed by atoms with van der Waals surface area (Å²) in [6.07, 6.45) is -1.84. The number of carboxylic acid groups (broad SMARTS) is 2. The van der Waals surface area contributed by atoms with Crippen LogP contribution in [0.4, 0.5) is 18.0 Å². The Morgan fingerprint density at radius 1 is 1.13 bits per heavy atom. The number of alkyl halides is 3. The maximum atomic E-state index is 12.4. The zero-order chi connectivity index (χ0) is 17.6. The molecule has 0 saturated carbocycles. The van der Waals surface area contributed by atoms with E-state index in [0.717, 1.165) is 12.1 Å². The number of hydrogen-bond donors (Lipinski definition) is 2. The van der Waals surface area contributed by atoms with Gasteiger partial charge in [0.25, 0.3) is 0 Å². The fourth-order valence-corrected chi connectivity index (χ4v) is 2.33. The third-order valence-corrected chi connectivity index (χ3v) is 3.65. The van der Waals surface area contributed by atoms with E-state index in [1.807, 2.05) is 0 Å². The monoisotopic (exact) mass is 353 g/mol. The summed E-state index contributed by atoms with van der Waals surface area (Å²) in [6, 6.07) is 4.65. The van der Waals surface area contributed by atoms with Crippen molar-refractivity contribution in [2.45, 2.75) is 5.51 Å². The van der Waals surface area contributed by atoms with Crippen LogP contribution in [-0.2, 0) is 10.1 Å². The van der Waals surface area contributed by atoms with Crippen LogP contribution in [0.25, 0.3) is 10.9 Å². The Kier molecular flexibility index (Phi) is 3.72. The molecule has 2 rings (SSSR count). The third-order valence-electron chi connectivity index (χ3n) is 2.70. The molecule has 8 nitrogen and oxygen atoms in total. The highest BCUT2D eigenvalue weighted by atomic mass is 32.2. The fourth-order valence-electron chi connectivity index (χ4n) is 1.84. The smallest absolute Gasteiger partial charge is 0.476 e. The lowest BCUT2D eigenvalue weighted by molar-refractivity contribution is -0.0500. The van der Waals surface area contributed by atoms with E-state index < -0.39 is 44.5 Å². The van der Waals surface area contributed by atoms with Crippen molar-refractivity contribution in [3.8, 4) is 5.75 Å². The van der Waals surface area contributed by atoms with E-state index in [1.165, 1.54) is 12.1 Å². The first-order valence-electron chi connectivity index (χ1n) is 5.58. The van der Waals surface area contributed by atoms with Crippen LogP contribution in [0.1, 0.15) is 10.5 Å². The minimum atomic E-state index is -6.18. The van der Waals surface area contributed by atoms with Crippen LogP contribution in [-0.4, -0.2) is 40.8 Å². The highest BCUT2D eigenvalue weighted by molar-refractivity contribution is 7.88. The second-order valence-electron chi connectivity index (χ2n) is 4.10. The Bertz CT molecular complexity index is 914. The van der Waals surface area contributed by atoms with Crippen molar-refractivity contribution in [3.05, 3.63) is 30.0 Å². The molecule has 1 aromatic heterocycles. The van der Waals surface area contributed by atoms with Gasteiger partial charge in [-0.05, 0) is 12.1 Å². The van der Waals surface area contributed by atoms with Gasteiger partial charge in [0.2, 0.25) is 0 Å². The van der Waals surface area contributed by atoms with Crippen molar-refractivity contribution < 1.29 is 45.6 Å².